The first-order valence-corrected chi connectivity index (χ1v) is 17.3. The summed E-state index contributed by atoms with van der Waals surface area (Å²) in [7, 11) is 0. The summed E-state index contributed by atoms with van der Waals surface area (Å²) in [6, 6.07) is 7.29. The Labute approximate surface area is 268 Å². The molecule has 0 bridgehead atoms. The minimum atomic E-state index is -5.04. The van der Waals surface area contributed by atoms with E-state index < -0.39 is 41.9 Å². The maximum absolute atomic E-state index is 15.3. The number of rotatable bonds is 11. The largest absolute Gasteiger partial charge is 0.573 e. The quantitative estimate of drug-likeness (QED) is 0.177. The Morgan fingerprint density at radius 2 is 1.35 bits per heavy atom. The van der Waals surface area contributed by atoms with Crippen molar-refractivity contribution in [3.63, 3.8) is 0 Å². The van der Waals surface area contributed by atoms with E-state index in [9.17, 15) is 17.6 Å². The number of halogens is 7. The fourth-order valence-corrected chi connectivity index (χ4v) is 8.29. The lowest BCUT2D eigenvalue weighted by Gasteiger charge is -2.40. The number of benzene rings is 2. The second-order valence-corrected chi connectivity index (χ2v) is 14.0. The lowest BCUT2D eigenvalue weighted by molar-refractivity contribution is -0.301. The van der Waals surface area contributed by atoms with Crippen molar-refractivity contribution in [3.8, 4) is 16.9 Å². The van der Waals surface area contributed by atoms with E-state index >= 15 is 13.2 Å². The zero-order valence-corrected chi connectivity index (χ0v) is 26.7. The number of alkyl halides is 5. The van der Waals surface area contributed by atoms with Crippen molar-refractivity contribution in [2.24, 2.45) is 23.7 Å². The Morgan fingerprint density at radius 3 is 1.93 bits per heavy atom. The fraction of sp³-hybridized carbons (Fsp3) is 0.676. The molecule has 3 aliphatic rings. The van der Waals surface area contributed by atoms with Gasteiger partial charge in [0.05, 0.1) is 12.0 Å². The summed E-state index contributed by atoms with van der Waals surface area (Å²) in [5.74, 6) is -1.55. The molecule has 0 amide bonds. The number of hydrogen-bond donors (Lipinski definition) is 0. The first-order valence-electron chi connectivity index (χ1n) is 17.3. The third kappa shape index (κ3) is 9.19. The van der Waals surface area contributed by atoms with Gasteiger partial charge in [-0.25, -0.2) is 8.78 Å². The zero-order chi connectivity index (χ0) is 32.9. The molecule has 0 aliphatic heterocycles. The molecule has 3 aliphatic carbocycles. The van der Waals surface area contributed by atoms with Gasteiger partial charge in [-0.2, -0.15) is 8.78 Å². The van der Waals surface area contributed by atoms with Crippen molar-refractivity contribution in [1.29, 1.82) is 0 Å². The maximum atomic E-state index is 15.3. The van der Waals surface area contributed by atoms with Crippen LogP contribution in [0.25, 0.3) is 11.1 Å². The van der Waals surface area contributed by atoms with E-state index in [-0.39, 0.29) is 17.0 Å². The van der Waals surface area contributed by atoms with Gasteiger partial charge in [0.25, 0.3) is 0 Å². The molecule has 3 fully saturated rings. The maximum Gasteiger partial charge on any atom is 0.573 e. The smallest absolute Gasteiger partial charge is 0.403 e. The van der Waals surface area contributed by atoms with E-state index in [1.54, 1.807) is 6.07 Å². The molecular formula is C37H47F7O2. The van der Waals surface area contributed by atoms with Gasteiger partial charge in [-0.05, 0) is 117 Å². The van der Waals surface area contributed by atoms with Crippen molar-refractivity contribution >= 4 is 0 Å². The Balaban J connectivity index is 1.07. The third-order valence-electron chi connectivity index (χ3n) is 11.0. The highest BCUT2D eigenvalue weighted by Crippen LogP contribution is 2.47. The van der Waals surface area contributed by atoms with E-state index in [0.717, 1.165) is 37.0 Å². The van der Waals surface area contributed by atoms with Gasteiger partial charge in [0.2, 0.25) is 0 Å². The van der Waals surface area contributed by atoms with Crippen LogP contribution in [0.4, 0.5) is 30.7 Å². The molecule has 3 saturated carbocycles. The standard InChI is InChI=1S/C37H47F7O2/c1-2-3-4-5-24-6-8-25(9-7-24)26-10-16-30(17-11-26)36(40,41)45-31-18-12-27(13-19-31)28-14-20-32(33(38)22-28)29-15-21-35(34(39)23-29)46-37(42,43)44/h14-15,20-27,30-31H,2-13,16-19H2,1H3. The molecular weight excluding hydrogens is 609 g/mol. The van der Waals surface area contributed by atoms with Crippen LogP contribution >= 0.6 is 0 Å². The molecule has 256 valence electrons. The normalized spacial score (nSPS) is 27.8. The van der Waals surface area contributed by atoms with Crippen LogP contribution in [0.1, 0.15) is 121 Å². The Bertz CT molecular complexity index is 1250. The van der Waals surface area contributed by atoms with Crippen LogP contribution in [0, 0.1) is 35.3 Å². The Kier molecular flexibility index (Phi) is 11.6. The highest BCUT2D eigenvalue weighted by molar-refractivity contribution is 5.65. The molecule has 0 unspecified atom stereocenters. The second kappa shape index (κ2) is 15.3. The molecule has 5 rings (SSSR count). The Hall–Kier alpha value is -2.29. The number of hydrogen-bond acceptors (Lipinski definition) is 2. The highest BCUT2D eigenvalue weighted by atomic mass is 19.4. The van der Waals surface area contributed by atoms with Gasteiger partial charge in [-0.15, -0.1) is 13.2 Å². The molecule has 0 aromatic heterocycles. The van der Waals surface area contributed by atoms with Gasteiger partial charge >= 0.3 is 12.5 Å². The van der Waals surface area contributed by atoms with Crippen LogP contribution in [0.15, 0.2) is 36.4 Å². The molecule has 0 atom stereocenters. The number of unbranched alkanes of at least 4 members (excludes halogenated alkanes) is 2. The van der Waals surface area contributed by atoms with Crippen LogP contribution in [-0.4, -0.2) is 18.6 Å². The molecule has 0 N–H and O–H groups in total. The minimum Gasteiger partial charge on any atom is -0.403 e. The molecule has 0 spiro atoms. The SMILES string of the molecule is CCCCCC1CCC(C2CCC(C(F)(F)OC3CCC(c4ccc(-c5ccc(OC(F)(F)F)c(F)c5)c(F)c4)CC3)CC2)CC1. The van der Waals surface area contributed by atoms with Gasteiger partial charge in [0, 0.05) is 5.56 Å². The van der Waals surface area contributed by atoms with Crippen LogP contribution < -0.4 is 4.74 Å². The Morgan fingerprint density at radius 1 is 0.696 bits per heavy atom. The highest BCUT2D eigenvalue weighted by Gasteiger charge is 2.46. The molecule has 0 radical (unpaired) electrons. The molecule has 9 heteroatoms. The molecule has 2 aromatic rings. The van der Waals surface area contributed by atoms with Crippen LogP contribution in [0.2, 0.25) is 0 Å². The first-order chi connectivity index (χ1) is 21.9. The van der Waals surface area contributed by atoms with Gasteiger partial charge < -0.3 is 9.47 Å². The predicted molar refractivity (Wildman–Crippen MR) is 165 cm³/mol. The van der Waals surface area contributed by atoms with E-state index in [2.05, 4.69) is 11.7 Å². The summed E-state index contributed by atoms with van der Waals surface area (Å²) in [6.45, 7) is 2.24. The lowest BCUT2D eigenvalue weighted by atomic mass is 9.68. The topological polar surface area (TPSA) is 18.5 Å². The van der Waals surface area contributed by atoms with Gasteiger partial charge in [0.1, 0.15) is 5.82 Å². The van der Waals surface area contributed by atoms with Crippen LogP contribution in [-0.2, 0) is 4.74 Å². The van der Waals surface area contributed by atoms with Crippen molar-refractivity contribution in [1.82, 2.24) is 0 Å². The van der Waals surface area contributed by atoms with E-state index in [1.807, 2.05) is 0 Å². The van der Waals surface area contributed by atoms with Crippen molar-refractivity contribution in [3.05, 3.63) is 53.6 Å². The summed E-state index contributed by atoms with van der Waals surface area (Å²) in [6.07, 6.45) is 6.40. The molecule has 2 aromatic carbocycles. The number of ether oxygens (including phenoxy) is 2. The van der Waals surface area contributed by atoms with Crippen LogP contribution in [0.5, 0.6) is 5.75 Å². The van der Waals surface area contributed by atoms with Crippen molar-refractivity contribution < 1.29 is 40.2 Å². The zero-order valence-electron chi connectivity index (χ0n) is 26.7. The van der Waals surface area contributed by atoms with Gasteiger partial charge in [-0.1, -0.05) is 63.6 Å². The van der Waals surface area contributed by atoms with E-state index in [4.69, 9.17) is 4.74 Å². The summed E-state index contributed by atoms with van der Waals surface area (Å²) >= 11 is 0. The third-order valence-corrected chi connectivity index (χ3v) is 11.0. The first kappa shape index (κ1) is 35.0. The molecule has 0 saturated heterocycles. The van der Waals surface area contributed by atoms with E-state index in [1.165, 1.54) is 63.5 Å². The average molecular weight is 657 g/mol. The van der Waals surface area contributed by atoms with Crippen LogP contribution in [0.3, 0.4) is 0 Å². The summed E-state index contributed by atoms with van der Waals surface area (Å²) < 4.78 is 106. The predicted octanol–water partition coefficient (Wildman–Crippen LogP) is 12.4. The fourth-order valence-electron chi connectivity index (χ4n) is 8.29. The molecule has 46 heavy (non-hydrogen) atoms. The monoisotopic (exact) mass is 656 g/mol. The van der Waals surface area contributed by atoms with E-state index in [0.29, 0.717) is 55.9 Å². The van der Waals surface area contributed by atoms with Gasteiger partial charge in [-0.3, -0.25) is 0 Å². The van der Waals surface area contributed by atoms with Crippen molar-refractivity contribution in [2.75, 3.05) is 0 Å². The molecule has 2 nitrogen and oxygen atoms in total. The summed E-state index contributed by atoms with van der Waals surface area (Å²) in [5, 5.41) is 0. The molecule has 0 heterocycles. The summed E-state index contributed by atoms with van der Waals surface area (Å²) in [4.78, 5) is 0. The van der Waals surface area contributed by atoms with Gasteiger partial charge in [0.15, 0.2) is 11.6 Å². The second-order valence-electron chi connectivity index (χ2n) is 14.0. The lowest BCUT2D eigenvalue weighted by Crippen LogP contribution is -2.39. The minimum absolute atomic E-state index is 0.0338. The summed E-state index contributed by atoms with van der Waals surface area (Å²) in [5.41, 5.74) is 0.828. The average Bonchev–Trinajstić information content (AvgIpc) is 3.02. The van der Waals surface area contributed by atoms with Crippen molar-refractivity contribution in [2.45, 2.75) is 134 Å².